The van der Waals surface area contributed by atoms with Crippen LogP contribution in [-0.4, -0.2) is 24.0 Å². The second-order valence-corrected chi connectivity index (χ2v) is 6.86. The fourth-order valence-corrected chi connectivity index (χ4v) is 4.18. The highest BCUT2D eigenvalue weighted by atomic mass is 32.1. The van der Waals surface area contributed by atoms with Crippen molar-refractivity contribution in [1.82, 2.24) is 10.6 Å². The van der Waals surface area contributed by atoms with Crippen molar-refractivity contribution in [3.63, 3.8) is 0 Å². The summed E-state index contributed by atoms with van der Waals surface area (Å²) >= 11 is 1.52. The second kappa shape index (κ2) is 5.63. The third-order valence-electron chi connectivity index (χ3n) is 4.52. The van der Waals surface area contributed by atoms with Gasteiger partial charge < -0.3 is 10.6 Å². The Bertz CT molecular complexity index is 418. The Morgan fingerprint density at radius 1 is 1.37 bits per heavy atom. The smallest absolute Gasteiger partial charge is 0.261 e. The molecule has 3 rings (SSSR count). The molecule has 0 radical (unpaired) electrons. The van der Waals surface area contributed by atoms with E-state index in [-0.39, 0.29) is 5.91 Å². The highest BCUT2D eigenvalue weighted by molar-refractivity contribution is 7.12. The maximum atomic E-state index is 12.1. The van der Waals surface area contributed by atoms with Crippen LogP contribution in [-0.2, 0) is 0 Å². The van der Waals surface area contributed by atoms with Gasteiger partial charge >= 0.3 is 0 Å². The maximum absolute atomic E-state index is 12.1. The van der Waals surface area contributed by atoms with E-state index in [9.17, 15) is 4.79 Å². The van der Waals surface area contributed by atoms with E-state index in [1.54, 1.807) is 0 Å². The van der Waals surface area contributed by atoms with Gasteiger partial charge in [-0.15, -0.1) is 11.3 Å². The van der Waals surface area contributed by atoms with Gasteiger partial charge in [0.05, 0.1) is 4.88 Å². The third-order valence-corrected chi connectivity index (χ3v) is 5.39. The zero-order chi connectivity index (χ0) is 13.1. The van der Waals surface area contributed by atoms with Gasteiger partial charge in [-0.2, -0.15) is 0 Å². The molecule has 1 aliphatic heterocycles. The van der Waals surface area contributed by atoms with E-state index in [0.29, 0.717) is 11.6 Å². The molecule has 1 aliphatic carbocycles. The minimum atomic E-state index is 0.104. The van der Waals surface area contributed by atoms with Gasteiger partial charge in [0.15, 0.2) is 0 Å². The summed E-state index contributed by atoms with van der Waals surface area (Å²) in [4.78, 5) is 13.0. The lowest BCUT2D eigenvalue weighted by Gasteiger charge is -2.44. The molecule has 4 heteroatoms. The molecule has 1 atom stereocenters. The average Bonchev–Trinajstić information content (AvgIpc) is 2.93. The first kappa shape index (κ1) is 13.1. The molecule has 1 unspecified atom stereocenters. The van der Waals surface area contributed by atoms with E-state index in [0.717, 1.165) is 24.3 Å². The van der Waals surface area contributed by atoms with Crippen LogP contribution in [0.15, 0.2) is 17.5 Å². The van der Waals surface area contributed by atoms with Crippen molar-refractivity contribution in [1.29, 1.82) is 0 Å². The molecule has 1 aromatic rings. The van der Waals surface area contributed by atoms with Crippen molar-refractivity contribution in [3.05, 3.63) is 22.4 Å². The molecule has 3 nitrogen and oxygen atoms in total. The van der Waals surface area contributed by atoms with Crippen molar-refractivity contribution in [2.75, 3.05) is 6.54 Å². The summed E-state index contributed by atoms with van der Waals surface area (Å²) in [6.07, 6.45) is 8.74. The SMILES string of the molecule is O=C(NC1CCNC2(CCCCC2)C1)c1cccs1. The topological polar surface area (TPSA) is 41.1 Å². The predicted octanol–water partition coefficient (Wildman–Crippen LogP) is 2.93. The Balaban J connectivity index is 1.60. The van der Waals surface area contributed by atoms with E-state index in [1.165, 1.54) is 43.4 Å². The number of hydrogen-bond donors (Lipinski definition) is 2. The third kappa shape index (κ3) is 3.00. The zero-order valence-corrected chi connectivity index (χ0v) is 12.1. The van der Waals surface area contributed by atoms with E-state index < -0.39 is 0 Å². The maximum Gasteiger partial charge on any atom is 0.261 e. The highest BCUT2D eigenvalue weighted by Gasteiger charge is 2.37. The number of nitrogens with one attached hydrogen (secondary N) is 2. The summed E-state index contributed by atoms with van der Waals surface area (Å²) in [5.41, 5.74) is 0.309. The molecule has 1 spiro atoms. The van der Waals surface area contributed by atoms with Gasteiger partial charge in [0.1, 0.15) is 0 Å². The van der Waals surface area contributed by atoms with Crippen LogP contribution in [0.25, 0.3) is 0 Å². The molecule has 2 fully saturated rings. The lowest BCUT2D eigenvalue weighted by atomic mass is 9.75. The zero-order valence-electron chi connectivity index (χ0n) is 11.3. The molecular weight excluding hydrogens is 256 g/mol. The number of amides is 1. The Morgan fingerprint density at radius 2 is 2.21 bits per heavy atom. The largest absolute Gasteiger partial charge is 0.348 e. The van der Waals surface area contributed by atoms with Crippen molar-refractivity contribution in [2.24, 2.45) is 0 Å². The van der Waals surface area contributed by atoms with Crippen molar-refractivity contribution < 1.29 is 4.79 Å². The molecule has 0 aromatic carbocycles. The molecule has 2 N–H and O–H groups in total. The van der Waals surface area contributed by atoms with Crippen LogP contribution in [0, 0.1) is 0 Å². The average molecular weight is 278 g/mol. The van der Waals surface area contributed by atoms with Crippen LogP contribution >= 0.6 is 11.3 Å². The summed E-state index contributed by atoms with van der Waals surface area (Å²) in [6, 6.07) is 4.18. The van der Waals surface area contributed by atoms with E-state index >= 15 is 0 Å². The van der Waals surface area contributed by atoms with Gasteiger partial charge in [-0.25, -0.2) is 0 Å². The lowest BCUT2D eigenvalue weighted by molar-refractivity contribution is 0.0897. The fourth-order valence-electron chi connectivity index (χ4n) is 3.55. The summed E-state index contributed by atoms with van der Waals surface area (Å²) in [6.45, 7) is 1.04. The lowest BCUT2D eigenvalue weighted by Crippen LogP contribution is -2.57. The van der Waals surface area contributed by atoms with Gasteiger partial charge in [-0.1, -0.05) is 25.3 Å². The van der Waals surface area contributed by atoms with Gasteiger partial charge in [-0.3, -0.25) is 4.79 Å². The van der Waals surface area contributed by atoms with E-state index in [4.69, 9.17) is 0 Å². The molecule has 1 amide bonds. The van der Waals surface area contributed by atoms with Crippen molar-refractivity contribution in [3.8, 4) is 0 Å². The molecule has 1 saturated carbocycles. The van der Waals surface area contributed by atoms with E-state index in [1.807, 2.05) is 17.5 Å². The predicted molar refractivity (Wildman–Crippen MR) is 78.6 cm³/mol. The Kier molecular flexibility index (Phi) is 3.89. The van der Waals surface area contributed by atoms with Crippen molar-refractivity contribution >= 4 is 17.2 Å². The molecule has 2 heterocycles. The summed E-state index contributed by atoms with van der Waals surface area (Å²) in [7, 11) is 0. The van der Waals surface area contributed by atoms with Crippen LogP contribution < -0.4 is 10.6 Å². The summed E-state index contributed by atoms with van der Waals surface area (Å²) in [5, 5.41) is 8.91. The molecule has 2 aliphatic rings. The van der Waals surface area contributed by atoms with Crippen LogP contribution in [0.1, 0.15) is 54.6 Å². The number of rotatable bonds is 2. The van der Waals surface area contributed by atoms with Gasteiger partial charge in [0.2, 0.25) is 0 Å². The van der Waals surface area contributed by atoms with Gasteiger partial charge in [0.25, 0.3) is 5.91 Å². The first-order valence-electron chi connectivity index (χ1n) is 7.37. The van der Waals surface area contributed by atoms with Crippen LogP contribution in [0.2, 0.25) is 0 Å². The number of piperidine rings is 1. The molecular formula is C15H22N2OS. The number of thiophene rings is 1. The molecule has 104 valence electrons. The first-order valence-corrected chi connectivity index (χ1v) is 8.25. The van der Waals surface area contributed by atoms with Crippen LogP contribution in [0.3, 0.4) is 0 Å². The monoisotopic (exact) mass is 278 g/mol. The van der Waals surface area contributed by atoms with Gasteiger partial charge in [-0.05, 0) is 43.7 Å². The Hall–Kier alpha value is -0.870. The fraction of sp³-hybridized carbons (Fsp3) is 0.667. The normalized spacial score (nSPS) is 26.2. The number of carbonyl (C=O) groups is 1. The molecule has 0 bridgehead atoms. The Morgan fingerprint density at radius 3 is 2.95 bits per heavy atom. The minimum Gasteiger partial charge on any atom is -0.348 e. The quantitative estimate of drug-likeness (QED) is 0.873. The molecule has 19 heavy (non-hydrogen) atoms. The minimum absolute atomic E-state index is 0.104. The van der Waals surface area contributed by atoms with Crippen LogP contribution in [0.5, 0.6) is 0 Å². The van der Waals surface area contributed by atoms with E-state index in [2.05, 4.69) is 10.6 Å². The highest BCUT2D eigenvalue weighted by Crippen LogP contribution is 2.34. The number of hydrogen-bond acceptors (Lipinski definition) is 3. The van der Waals surface area contributed by atoms with Gasteiger partial charge in [0, 0.05) is 11.6 Å². The standard InChI is InChI=1S/C15H22N2OS/c18-14(13-5-4-10-19-13)17-12-6-9-16-15(11-12)7-2-1-3-8-15/h4-5,10,12,16H,1-3,6-9,11H2,(H,17,18). The second-order valence-electron chi connectivity index (χ2n) is 5.91. The molecule has 1 aromatic heterocycles. The van der Waals surface area contributed by atoms with Crippen LogP contribution in [0.4, 0.5) is 0 Å². The first-order chi connectivity index (χ1) is 9.27. The summed E-state index contributed by atoms with van der Waals surface area (Å²) < 4.78 is 0. The number of carbonyl (C=O) groups excluding carboxylic acids is 1. The Labute approximate surface area is 118 Å². The van der Waals surface area contributed by atoms with Crippen molar-refractivity contribution in [2.45, 2.75) is 56.5 Å². The summed E-state index contributed by atoms with van der Waals surface area (Å²) in [5.74, 6) is 0.104. The molecule has 1 saturated heterocycles.